The van der Waals surface area contributed by atoms with E-state index in [2.05, 4.69) is 0 Å². The predicted molar refractivity (Wildman–Crippen MR) is 199 cm³/mol. The van der Waals surface area contributed by atoms with Crippen molar-refractivity contribution in [2.45, 2.75) is 76.4 Å². The highest BCUT2D eigenvalue weighted by atomic mass is 16.4. The van der Waals surface area contributed by atoms with Gasteiger partial charge in [0.15, 0.2) is 0 Å². The number of aromatic carboxylic acids is 4. The summed E-state index contributed by atoms with van der Waals surface area (Å²) in [5, 5.41) is 116. The number of aliphatic hydroxyl groups is 4. The summed E-state index contributed by atoms with van der Waals surface area (Å²) in [7, 11) is 0. The van der Waals surface area contributed by atoms with Gasteiger partial charge in [-0.15, -0.1) is 0 Å². The van der Waals surface area contributed by atoms with E-state index < -0.39 is 71.9 Å². The van der Waals surface area contributed by atoms with E-state index in [0.717, 1.165) is 6.07 Å². The molecule has 0 aliphatic heterocycles. The average Bonchev–Trinajstić information content (AvgIpc) is 3.16. The molecular formula is C36H48O24. The summed E-state index contributed by atoms with van der Waals surface area (Å²) in [6, 6.07) is 10.2. The molecule has 24 nitrogen and oxygen atoms in total. The van der Waals surface area contributed by atoms with E-state index in [9.17, 15) is 47.9 Å². The largest absolute Gasteiger partial charge is 0.481 e. The van der Waals surface area contributed by atoms with Gasteiger partial charge in [0.2, 0.25) is 0 Å². The molecule has 336 valence electrons. The number of carboxylic acids is 10. The van der Waals surface area contributed by atoms with Gasteiger partial charge in [-0.3, -0.25) is 28.8 Å². The Balaban J connectivity index is -0.000000316. The molecule has 0 aromatic heterocycles. The van der Waals surface area contributed by atoms with Crippen LogP contribution in [0.4, 0.5) is 0 Å². The fourth-order valence-corrected chi connectivity index (χ4v) is 3.16. The molecule has 0 amide bonds. The van der Waals surface area contributed by atoms with Crippen molar-refractivity contribution in [1.82, 2.24) is 0 Å². The molecule has 24 heteroatoms. The summed E-state index contributed by atoms with van der Waals surface area (Å²) in [4.78, 5) is 100. The highest BCUT2D eigenvalue weighted by Gasteiger charge is 2.09. The van der Waals surface area contributed by atoms with Crippen molar-refractivity contribution >= 4 is 59.7 Å². The monoisotopic (exact) mass is 864 g/mol. The molecule has 0 bridgehead atoms. The highest BCUT2D eigenvalue weighted by molar-refractivity contribution is 5.93. The number of hydrogen-bond donors (Lipinski definition) is 14. The fourth-order valence-electron chi connectivity index (χ4n) is 3.16. The first-order valence-electron chi connectivity index (χ1n) is 16.8. The van der Waals surface area contributed by atoms with Gasteiger partial charge in [-0.05, 0) is 61.7 Å². The normalized spacial score (nSPS) is 10.3. The standard InChI is InChI=1S/2C8H6O4.C6H10O4.C5H12O4.C5H8O4.C4H6O4/c9-7(10)5-1-2-6(4-3-5)8(11)12;9-7(10)5-2-1-3-6(4-5)8(11)12;7-5(8)3-1-2-4-6(9)10;6-2-4(8)1-5(9)3-7;6-4(7)2-1-3-5(8)9;5-3(6)1-2-4(7)8/h2*1-4H,(H,9,10)(H,11,12);1-4H2,(H,7,8)(H,9,10);4-9H,1-3H2;1-3H2,(H,6,7)(H,8,9);1-2H2,(H,5,6)(H,7,8). The van der Waals surface area contributed by atoms with Crippen LogP contribution in [0.5, 0.6) is 0 Å². The van der Waals surface area contributed by atoms with Crippen molar-refractivity contribution in [2.75, 3.05) is 13.2 Å². The Hall–Kier alpha value is -7.02. The molecule has 2 aromatic rings. The van der Waals surface area contributed by atoms with E-state index in [4.69, 9.17) is 71.5 Å². The van der Waals surface area contributed by atoms with Gasteiger partial charge in [-0.1, -0.05) is 6.07 Å². The van der Waals surface area contributed by atoms with Crippen LogP contribution in [0.15, 0.2) is 48.5 Å². The molecule has 2 atom stereocenters. The lowest BCUT2D eigenvalue weighted by Gasteiger charge is -2.09. The van der Waals surface area contributed by atoms with E-state index >= 15 is 0 Å². The maximum absolute atomic E-state index is 10.4. The molecule has 0 aliphatic rings. The Morgan fingerprint density at radius 3 is 0.833 bits per heavy atom. The Kier molecular flexibility index (Phi) is 36.1. The lowest BCUT2D eigenvalue weighted by atomic mass is 10.1. The second-order valence-electron chi connectivity index (χ2n) is 11.2. The van der Waals surface area contributed by atoms with Crippen molar-refractivity contribution in [1.29, 1.82) is 0 Å². The molecule has 0 aliphatic carbocycles. The lowest BCUT2D eigenvalue weighted by molar-refractivity contribution is -0.143. The van der Waals surface area contributed by atoms with Crippen molar-refractivity contribution in [3.63, 3.8) is 0 Å². The van der Waals surface area contributed by atoms with Gasteiger partial charge < -0.3 is 71.5 Å². The number of unbranched alkanes of at least 4 members (excludes halogenated alkanes) is 1. The van der Waals surface area contributed by atoms with Crippen molar-refractivity contribution in [2.24, 2.45) is 0 Å². The van der Waals surface area contributed by atoms with Crippen LogP contribution in [0.1, 0.15) is 106 Å². The van der Waals surface area contributed by atoms with Crippen LogP contribution in [-0.2, 0) is 28.8 Å². The second-order valence-corrected chi connectivity index (χ2v) is 11.2. The number of carboxylic acid groups (broad SMARTS) is 10. The van der Waals surface area contributed by atoms with Crippen molar-refractivity contribution in [3.8, 4) is 0 Å². The van der Waals surface area contributed by atoms with E-state index in [0.29, 0.717) is 12.8 Å². The number of carbonyl (C=O) groups is 10. The topological polar surface area (TPSA) is 454 Å². The summed E-state index contributed by atoms with van der Waals surface area (Å²) >= 11 is 0. The van der Waals surface area contributed by atoms with E-state index in [1.54, 1.807) is 0 Å². The molecule has 0 fully saturated rings. The molecule has 2 aromatic carbocycles. The lowest BCUT2D eigenvalue weighted by Crippen LogP contribution is -2.23. The third-order valence-corrected chi connectivity index (χ3v) is 6.07. The van der Waals surface area contributed by atoms with Gasteiger partial charge in [0.05, 0.1) is 60.5 Å². The van der Waals surface area contributed by atoms with Crippen molar-refractivity contribution in [3.05, 3.63) is 70.8 Å². The minimum absolute atomic E-state index is 0.0186. The zero-order valence-electron chi connectivity index (χ0n) is 31.6. The SMILES string of the molecule is O=C(O)CCC(=O)O.O=C(O)CCCC(=O)O.O=C(O)CCCCC(=O)O.O=C(O)c1ccc(C(=O)O)cc1.O=C(O)c1cccc(C(=O)O)c1.OCC(O)CC(O)CO. The van der Waals surface area contributed by atoms with Crippen molar-refractivity contribution < 1.29 is 119 Å². The Bertz CT molecular complexity index is 1540. The Morgan fingerprint density at radius 1 is 0.367 bits per heavy atom. The Morgan fingerprint density at radius 2 is 0.617 bits per heavy atom. The summed E-state index contributed by atoms with van der Waals surface area (Å²) in [5.41, 5.74) is 0.129. The van der Waals surface area contributed by atoms with Gasteiger partial charge in [-0.25, -0.2) is 19.2 Å². The number of aliphatic hydroxyl groups excluding tert-OH is 4. The molecule has 14 N–H and O–H groups in total. The van der Waals surface area contributed by atoms with Crippen LogP contribution in [0.2, 0.25) is 0 Å². The zero-order valence-corrected chi connectivity index (χ0v) is 31.6. The maximum atomic E-state index is 10.4. The third-order valence-electron chi connectivity index (χ3n) is 6.07. The average molecular weight is 865 g/mol. The minimum Gasteiger partial charge on any atom is -0.481 e. The summed E-state index contributed by atoms with van der Waals surface area (Å²) in [6.45, 7) is -0.756. The maximum Gasteiger partial charge on any atom is 0.335 e. The first-order chi connectivity index (χ1) is 27.8. The molecule has 2 rings (SSSR count). The van der Waals surface area contributed by atoms with Gasteiger partial charge >= 0.3 is 59.7 Å². The molecule has 0 heterocycles. The van der Waals surface area contributed by atoms with Crippen LogP contribution < -0.4 is 0 Å². The van der Waals surface area contributed by atoms with E-state index in [1.165, 1.54) is 42.5 Å². The summed E-state index contributed by atoms with van der Waals surface area (Å²) in [6.07, 6.45) is -1.32. The minimum atomic E-state index is -1.13. The van der Waals surface area contributed by atoms with Gasteiger partial charge in [0.25, 0.3) is 0 Å². The molecule has 2 unspecified atom stereocenters. The first kappa shape index (κ1) is 59.7. The highest BCUT2D eigenvalue weighted by Crippen LogP contribution is 2.05. The molecular weight excluding hydrogens is 816 g/mol. The molecule has 0 radical (unpaired) electrons. The number of hydrogen-bond acceptors (Lipinski definition) is 14. The summed E-state index contributed by atoms with van der Waals surface area (Å²) in [5.74, 6) is -10.2. The van der Waals surface area contributed by atoms with Gasteiger partial charge in [0.1, 0.15) is 0 Å². The van der Waals surface area contributed by atoms with Crippen LogP contribution in [0.3, 0.4) is 0 Å². The zero-order chi connectivity index (χ0) is 47.4. The van der Waals surface area contributed by atoms with Crippen LogP contribution in [0, 0.1) is 0 Å². The summed E-state index contributed by atoms with van der Waals surface area (Å²) < 4.78 is 0. The smallest absolute Gasteiger partial charge is 0.335 e. The van der Waals surface area contributed by atoms with Crippen LogP contribution >= 0.6 is 0 Å². The Labute approximate surface area is 339 Å². The second kappa shape index (κ2) is 36.3. The van der Waals surface area contributed by atoms with Gasteiger partial charge in [-0.2, -0.15) is 0 Å². The number of aliphatic carboxylic acids is 6. The number of benzene rings is 2. The van der Waals surface area contributed by atoms with E-state index in [1.807, 2.05) is 0 Å². The number of rotatable bonds is 20. The molecule has 0 saturated carbocycles. The predicted octanol–water partition coefficient (Wildman–Crippen LogP) is 1.23. The van der Waals surface area contributed by atoms with Gasteiger partial charge in [0, 0.05) is 32.1 Å². The molecule has 0 saturated heterocycles. The van der Waals surface area contributed by atoms with Crippen LogP contribution in [0.25, 0.3) is 0 Å². The fraction of sp³-hybridized carbons (Fsp3) is 0.389. The van der Waals surface area contributed by atoms with E-state index in [-0.39, 0.29) is 86.8 Å². The quantitative estimate of drug-likeness (QED) is 0.0832. The third kappa shape index (κ3) is 42.1. The van der Waals surface area contributed by atoms with Crippen LogP contribution in [-0.4, -0.2) is 157 Å². The molecule has 60 heavy (non-hydrogen) atoms. The molecule has 0 spiro atoms. The first-order valence-corrected chi connectivity index (χ1v) is 16.8.